The third kappa shape index (κ3) is 5.81. The highest BCUT2D eigenvalue weighted by Gasteiger charge is 2.17. The summed E-state index contributed by atoms with van der Waals surface area (Å²) < 4.78 is 12.4. The van der Waals surface area contributed by atoms with E-state index in [0.29, 0.717) is 5.82 Å². The van der Waals surface area contributed by atoms with Gasteiger partial charge in [0.15, 0.2) is 5.82 Å². The van der Waals surface area contributed by atoms with Crippen LogP contribution in [0.5, 0.6) is 0 Å². The Balaban J connectivity index is 1.21. The van der Waals surface area contributed by atoms with Crippen LogP contribution >= 0.6 is 0 Å². The van der Waals surface area contributed by atoms with E-state index in [4.69, 9.17) is 18.8 Å². The van der Waals surface area contributed by atoms with Crippen LogP contribution < -0.4 is 0 Å². The molecule has 0 saturated carbocycles. The predicted octanol–water partition coefficient (Wildman–Crippen LogP) is 14.1. The summed E-state index contributed by atoms with van der Waals surface area (Å²) >= 11 is 0. The third-order valence-electron chi connectivity index (χ3n) is 10.4. The smallest absolute Gasteiger partial charge is 0.160 e. The monoisotopic (exact) mass is 706 g/mol. The molecule has 3 aromatic heterocycles. The lowest BCUT2D eigenvalue weighted by Gasteiger charge is -2.14. The van der Waals surface area contributed by atoms with Gasteiger partial charge in [-0.1, -0.05) is 122 Å². The Morgan fingerprint density at radius 3 is 2.02 bits per heavy atom. The molecule has 0 radical (unpaired) electrons. The highest BCUT2D eigenvalue weighted by molar-refractivity contribution is 6.06. The van der Waals surface area contributed by atoms with E-state index >= 15 is 0 Å². The average molecular weight is 707 g/mol. The maximum absolute atomic E-state index is 6.21. The van der Waals surface area contributed by atoms with Crippen LogP contribution in [0.1, 0.15) is 23.8 Å². The Morgan fingerprint density at radius 2 is 1.18 bits per heavy atom. The van der Waals surface area contributed by atoms with E-state index in [1.165, 1.54) is 5.39 Å². The molecule has 0 N–H and O–H groups in total. The van der Waals surface area contributed by atoms with Gasteiger partial charge in [0.1, 0.15) is 22.5 Å². The molecule has 0 aliphatic rings. The molecule has 10 aromatic rings. The number of hydrogen-bond acceptors (Lipinski definition) is 4. The van der Waals surface area contributed by atoms with Crippen LogP contribution in [0.3, 0.4) is 0 Å². The lowest BCUT2D eigenvalue weighted by Crippen LogP contribution is -1.97. The van der Waals surface area contributed by atoms with Gasteiger partial charge in [-0.3, -0.25) is 0 Å². The lowest BCUT2D eigenvalue weighted by atomic mass is 9.94. The summed E-state index contributed by atoms with van der Waals surface area (Å²) in [6, 6.07) is 56.7. The van der Waals surface area contributed by atoms with Crippen LogP contribution in [0.15, 0.2) is 179 Å². The van der Waals surface area contributed by atoms with Crippen LogP contribution in [0, 0.1) is 0 Å². The first-order valence-electron chi connectivity index (χ1n) is 18.4. The summed E-state index contributed by atoms with van der Waals surface area (Å²) in [6.07, 6.45) is 3.98. The fourth-order valence-corrected chi connectivity index (χ4v) is 7.66. The van der Waals surface area contributed by atoms with Gasteiger partial charge in [-0.05, 0) is 101 Å². The zero-order valence-electron chi connectivity index (χ0n) is 30.2. The maximum Gasteiger partial charge on any atom is 0.160 e. The van der Waals surface area contributed by atoms with Crippen molar-refractivity contribution in [2.24, 2.45) is 0 Å². The van der Waals surface area contributed by atoms with Crippen LogP contribution in [-0.4, -0.2) is 9.97 Å². The molecule has 0 atom stereocenters. The highest BCUT2D eigenvalue weighted by atomic mass is 16.3. The standard InChI is InChI=1S/C51H34N2O2/c1-3-47-43(41-19-9-11-22-48(41)54-47)26-32(2)36-27-37(35-24-25-50-44(30-35)42-20-10-12-23-49(42)55-50)29-38(28-36)51-52-45(34-15-5-4-6-16-34)31-46(53-51)40-21-13-17-33-14-7-8-18-39(33)40/h3-31H,1H2,2H3/b32-26+. The molecule has 4 nitrogen and oxygen atoms in total. The van der Waals surface area contributed by atoms with Gasteiger partial charge in [0.25, 0.3) is 0 Å². The number of allylic oxidation sites excluding steroid dienone is 1. The first-order chi connectivity index (χ1) is 27.1. The van der Waals surface area contributed by atoms with E-state index < -0.39 is 0 Å². The third-order valence-corrected chi connectivity index (χ3v) is 10.4. The van der Waals surface area contributed by atoms with Crippen molar-refractivity contribution in [3.8, 4) is 45.0 Å². The Labute approximate surface area is 318 Å². The molecule has 7 aromatic carbocycles. The van der Waals surface area contributed by atoms with Gasteiger partial charge in [-0.15, -0.1) is 0 Å². The molecule has 10 rings (SSSR count). The van der Waals surface area contributed by atoms with Gasteiger partial charge in [-0.2, -0.15) is 0 Å². The Kier molecular flexibility index (Phi) is 7.81. The van der Waals surface area contributed by atoms with Crippen molar-refractivity contribution in [2.45, 2.75) is 6.92 Å². The SMILES string of the molecule is C=Cc1oc2ccccc2c1/C=C(\C)c1cc(-c2ccc3oc4ccccc4c3c2)cc(-c2nc(-c3ccccc3)cc(-c3cccc4ccccc34)n2)c1. The summed E-state index contributed by atoms with van der Waals surface area (Å²) in [5.74, 6) is 1.39. The van der Waals surface area contributed by atoms with Crippen LogP contribution in [0.25, 0.3) is 106 Å². The van der Waals surface area contributed by atoms with Crippen molar-refractivity contribution in [1.82, 2.24) is 9.97 Å². The van der Waals surface area contributed by atoms with Gasteiger partial charge in [0.05, 0.1) is 11.4 Å². The van der Waals surface area contributed by atoms with Crippen LogP contribution in [0.2, 0.25) is 0 Å². The number of furan rings is 2. The molecule has 0 bridgehead atoms. The van der Waals surface area contributed by atoms with Gasteiger partial charge in [0.2, 0.25) is 0 Å². The van der Waals surface area contributed by atoms with E-state index in [1.54, 1.807) is 6.08 Å². The molecule has 0 fully saturated rings. The summed E-state index contributed by atoms with van der Waals surface area (Å²) in [7, 11) is 0. The van der Waals surface area contributed by atoms with Crippen molar-refractivity contribution in [3.05, 3.63) is 187 Å². The molecule has 55 heavy (non-hydrogen) atoms. The molecule has 4 heteroatoms. The number of benzene rings is 7. The Morgan fingerprint density at radius 1 is 0.509 bits per heavy atom. The van der Waals surface area contributed by atoms with E-state index in [9.17, 15) is 0 Å². The van der Waals surface area contributed by atoms with E-state index in [2.05, 4.69) is 135 Å². The van der Waals surface area contributed by atoms with Gasteiger partial charge < -0.3 is 8.83 Å². The van der Waals surface area contributed by atoms with Gasteiger partial charge in [0, 0.05) is 38.4 Å². The van der Waals surface area contributed by atoms with E-state index in [-0.39, 0.29) is 0 Å². The summed E-state index contributed by atoms with van der Waals surface area (Å²) in [6.45, 7) is 6.20. The summed E-state index contributed by atoms with van der Waals surface area (Å²) in [5.41, 5.74) is 12.5. The molecular weight excluding hydrogens is 673 g/mol. The molecule has 0 saturated heterocycles. The van der Waals surface area contributed by atoms with Crippen molar-refractivity contribution in [1.29, 1.82) is 0 Å². The van der Waals surface area contributed by atoms with E-state index in [0.717, 1.165) is 100.0 Å². The first-order valence-corrected chi connectivity index (χ1v) is 18.4. The zero-order chi connectivity index (χ0) is 36.9. The van der Waals surface area contributed by atoms with E-state index in [1.807, 2.05) is 48.5 Å². The number of fused-ring (bicyclic) bond motifs is 5. The van der Waals surface area contributed by atoms with Crippen molar-refractivity contribution >= 4 is 61.4 Å². The van der Waals surface area contributed by atoms with Crippen LogP contribution in [-0.2, 0) is 0 Å². The highest BCUT2D eigenvalue weighted by Crippen LogP contribution is 2.38. The molecule has 3 heterocycles. The predicted molar refractivity (Wildman–Crippen MR) is 228 cm³/mol. The molecule has 0 aliphatic carbocycles. The topological polar surface area (TPSA) is 52.1 Å². The second kappa shape index (κ2) is 13.3. The number of para-hydroxylation sites is 2. The van der Waals surface area contributed by atoms with Gasteiger partial charge >= 0.3 is 0 Å². The Hall–Kier alpha value is -7.30. The fraction of sp³-hybridized carbons (Fsp3) is 0.0196. The maximum atomic E-state index is 6.21. The van der Waals surface area contributed by atoms with Crippen LogP contribution in [0.4, 0.5) is 0 Å². The lowest BCUT2D eigenvalue weighted by molar-refractivity contribution is 0.603. The summed E-state index contributed by atoms with van der Waals surface area (Å²) in [5, 5.41) is 5.53. The van der Waals surface area contributed by atoms with Crippen molar-refractivity contribution in [3.63, 3.8) is 0 Å². The van der Waals surface area contributed by atoms with Crippen molar-refractivity contribution in [2.75, 3.05) is 0 Å². The second-order valence-corrected chi connectivity index (χ2v) is 13.9. The van der Waals surface area contributed by atoms with Crippen molar-refractivity contribution < 1.29 is 8.83 Å². The molecular formula is C51H34N2O2. The number of nitrogens with zero attached hydrogens (tertiary/aromatic N) is 2. The zero-order valence-corrected chi connectivity index (χ0v) is 30.2. The number of rotatable bonds is 7. The Bertz CT molecular complexity index is 3120. The molecule has 0 unspecified atom stereocenters. The average Bonchev–Trinajstić information content (AvgIpc) is 3.81. The minimum atomic E-state index is 0.649. The fourth-order valence-electron chi connectivity index (χ4n) is 7.66. The second-order valence-electron chi connectivity index (χ2n) is 13.9. The normalized spacial score (nSPS) is 11.9. The molecule has 260 valence electrons. The molecule has 0 spiro atoms. The number of hydrogen-bond donors (Lipinski definition) is 0. The minimum absolute atomic E-state index is 0.649. The minimum Gasteiger partial charge on any atom is -0.456 e. The molecule has 0 amide bonds. The summed E-state index contributed by atoms with van der Waals surface area (Å²) in [4.78, 5) is 10.6. The largest absolute Gasteiger partial charge is 0.456 e. The quantitative estimate of drug-likeness (QED) is 0.166. The number of aromatic nitrogens is 2. The van der Waals surface area contributed by atoms with Gasteiger partial charge in [-0.25, -0.2) is 9.97 Å². The molecule has 0 aliphatic heterocycles. The first kappa shape index (κ1) is 32.4.